The second-order valence-corrected chi connectivity index (χ2v) is 7.36. The number of halogens is 3. The number of hydrogen-bond acceptors (Lipinski definition) is 3. The fourth-order valence-electron chi connectivity index (χ4n) is 3.51. The highest BCUT2D eigenvalue weighted by atomic mass is 35.5. The topological polar surface area (TPSA) is 55.4 Å². The van der Waals surface area contributed by atoms with E-state index in [0.717, 1.165) is 18.9 Å². The molecule has 0 bridgehead atoms. The first-order valence-corrected chi connectivity index (χ1v) is 9.43. The van der Waals surface area contributed by atoms with Crippen LogP contribution in [0.2, 0.25) is 5.02 Å². The van der Waals surface area contributed by atoms with Gasteiger partial charge in [0.1, 0.15) is 11.6 Å². The Morgan fingerprint density at radius 2 is 1.68 bits per heavy atom. The molecule has 2 aromatic carbocycles. The van der Waals surface area contributed by atoms with Gasteiger partial charge in [0.2, 0.25) is 0 Å². The molecule has 0 unspecified atom stereocenters. The molecular formula is C21H20ClF2NO3. The summed E-state index contributed by atoms with van der Waals surface area (Å²) in [4.78, 5) is 25.4. The van der Waals surface area contributed by atoms with Gasteiger partial charge in [0, 0.05) is 0 Å². The monoisotopic (exact) mass is 407 g/mol. The van der Waals surface area contributed by atoms with Gasteiger partial charge in [0.15, 0.2) is 6.10 Å². The van der Waals surface area contributed by atoms with Crippen LogP contribution in [0.1, 0.15) is 38.2 Å². The molecule has 0 aromatic heterocycles. The molecule has 0 saturated heterocycles. The number of esters is 1. The summed E-state index contributed by atoms with van der Waals surface area (Å²) in [7, 11) is 0. The Bertz CT molecular complexity index is 880. The number of nitrogens with one attached hydrogen (secondary N) is 1. The first-order valence-electron chi connectivity index (χ1n) is 9.05. The van der Waals surface area contributed by atoms with Crippen LogP contribution in [0, 0.1) is 11.6 Å². The quantitative estimate of drug-likeness (QED) is 0.709. The third-order valence-electron chi connectivity index (χ3n) is 5.09. The molecule has 0 heterocycles. The van der Waals surface area contributed by atoms with Crippen molar-refractivity contribution < 1.29 is 23.1 Å². The van der Waals surface area contributed by atoms with Crippen molar-refractivity contribution >= 4 is 29.2 Å². The fourth-order valence-corrected chi connectivity index (χ4v) is 3.72. The zero-order valence-corrected chi connectivity index (χ0v) is 16.1. The van der Waals surface area contributed by atoms with E-state index in [1.165, 1.54) is 31.2 Å². The molecule has 1 amide bonds. The molecule has 2 aromatic rings. The van der Waals surface area contributed by atoms with Gasteiger partial charge < -0.3 is 10.1 Å². The molecule has 1 N–H and O–H groups in total. The van der Waals surface area contributed by atoms with Crippen molar-refractivity contribution in [2.75, 3.05) is 5.32 Å². The number of benzene rings is 2. The maximum Gasteiger partial charge on any atom is 0.317 e. The minimum Gasteiger partial charge on any atom is -0.452 e. The summed E-state index contributed by atoms with van der Waals surface area (Å²) in [6.07, 6.45) is 1.77. The minimum atomic E-state index is -1.08. The van der Waals surface area contributed by atoms with Gasteiger partial charge in [0.25, 0.3) is 5.91 Å². The zero-order valence-electron chi connectivity index (χ0n) is 15.3. The van der Waals surface area contributed by atoms with Crippen molar-refractivity contribution in [3.05, 3.63) is 64.7 Å². The van der Waals surface area contributed by atoms with E-state index in [0.29, 0.717) is 18.4 Å². The molecule has 1 fully saturated rings. The molecule has 7 heteroatoms. The second-order valence-electron chi connectivity index (χ2n) is 6.96. The number of amides is 1. The van der Waals surface area contributed by atoms with E-state index in [9.17, 15) is 18.4 Å². The van der Waals surface area contributed by atoms with Gasteiger partial charge in [-0.3, -0.25) is 9.59 Å². The Labute approximate surface area is 166 Å². The van der Waals surface area contributed by atoms with Gasteiger partial charge in [-0.2, -0.15) is 0 Å². The molecule has 1 aliphatic carbocycles. The zero-order chi connectivity index (χ0) is 20.3. The Morgan fingerprint density at radius 1 is 1.07 bits per heavy atom. The molecule has 28 heavy (non-hydrogen) atoms. The van der Waals surface area contributed by atoms with Gasteiger partial charge in [-0.1, -0.05) is 36.6 Å². The number of hydrogen-bond donors (Lipinski definition) is 1. The molecule has 0 spiro atoms. The number of ether oxygens (including phenoxy) is 1. The maximum atomic E-state index is 13.3. The lowest BCUT2D eigenvalue weighted by Crippen LogP contribution is -2.39. The van der Waals surface area contributed by atoms with E-state index >= 15 is 0 Å². The average Bonchev–Trinajstić information content (AvgIpc) is 3.15. The molecule has 1 atom stereocenters. The van der Waals surface area contributed by atoms with Crippen molar-refractivity contribution in [1.82, 2.24) is 0 Å². The largest absolute Gasteiger partial charge is 0.452 e. The van der Waals surface area contributed by atoms with Crippen LogP contribution in [0.5, 0.6) is 0 Å². The molecule has 0 aliphatic heterocycles. The van der Waals surface area contributed by atoms with Crippen molar-refractivity contribution in [3.63, 3.8) is 0 Å². The van der Waals surface area contributed by atoms with Crippen LogP contribution in [0.15, 0.2) is 42.5 Å². The summed E-state index contributed by atoms with van der Waals surface area (Å²) in [6.45, 7) is 1.46. The standard InChI is InChI=1S/C21H20ClF2NO3/c1-13(19(26)25-18-9-8-16(24)12-17(18)22)28-20(27)21(10-2-3-11-21)14-4-6-15(23)7-5-14/h4-9,12-13H,2-3,10-11H2,1H3,(H,25,26)/t13-/m1/s1. The minimum absolute atomic E-state index is 0.0467. The van der Waals surface area contributed by atoms with Crippen LogP contribution in [0.3, 0.4) is 0 Å². The van der Waals surface area contributed by atoms with E-state index in [1.807, 2.05) is 0 Å². The lowest BCUT2D eigenvalue weighted by atomic mass is 9.79. The highest BCUT2D eigenvalue weighted by Crippen LogP contribution is 2.42. The van der Waals surface area contributed by atoms with Crippen LogP contribution in [0.4, 0.5) is 14.5 Å². The molecule has 4 nitrogen and oxygen atoms in total. The SMILES string of the molecule is C[C@@H](OC(=O)C1(c2ccc(F)cc2)CCCC1)C(=O)Nc1ccc(F)cc1Cl. The van der Waals surface area contributed by atoms with Crippen molar-refractivity contribution in [3.8, 4) is 0 Å². The maximum absolute atomic E-state index is 13.3. The van der Waals surface area contributed by atoms with Crippen molar-refractivity contribution in [2.45, 2.75) is 44.1 Å². The average molecular weight is 408 g/mol. The van der Waals surface area contributed by atoms with Crippen LogP contribution < -0.4 is 5.32 Å². The van der Waals surface area contributed by atoms with Crippen LogP contribution in [-0.2, 0) is 19.7 Å². The highest BCUT2D eigenvalue weighted by Gasteiger charge is 2.45. The lowest BCUT2D eigenvalue weighted by molar-refractivity contribution is -0.159. The summed E-state index contributed by atoms with van der Waals surface area (Å²) in [5, 5.41) is 2.58. The molecule has 148 valence electrons. The highest BCUT2D eigenvalue weighted by molar-refractivity contribution is 6.33. The van der Waals surface area contributed by atoms with Crippen molar-refractivity contribution in [1.29, 1.82) is 0 Å². The van der Waals surface area contributed by atoms with Gasteiger partial charge >= 0.3 is 5.97 Å². The Balaban J connectivity index is 1.72. The summed E-state index contributed by atoms with van der Waals surface area (Å²) in [6, 6.07) is 9.39. The summed E-state index contributed by atoms with van der Waals surface area (Å²) >= 11 is 5.91. The summed E-state index contributed by atoms with van der Waals surface area (Å²) < 4.78 is 31.9. The third kappa shape index (κ3) is 4.17. The molecular weight excluding hydrogens is 388 g/mol. The van der Waals surface area contributed by atoms with Gasteiger partial charge in [0.05, 0.1) is 16.1 Å². The van der Waals surface area contributed by atoms with Gasteiger partial charge in [-0.25, -0.2) is 8.78 Å². The Kier molecular flexibility index (Phi) is 5.98. The Hall–Kier alpha value is -2.47. The number of carbonyl (C=O) groups excluding carboxylic acids is 2. The number of carbonyl (C=O) groups is 2. The number of rotatable bonds is 5. The van der Waals surface area contributed by atoms with E-state index in [-0.39, 0.29) is 16.5 Å². The van der Waals surface area contributed by atoms with Gasteiger partial charge in [-0.05, 0) is 55.7 Å². The van der Waals surface area contributed by atoms with Crippen LogP contribution >= 0.6 is 11.6 Å². The number of anilines is 1. The summed E-state index contributed by atoms with van der Waals surface area (Å²) in [5.41, 5.74) is 0.0334. The lowest BCUT2D eigenvalue weighted by Gasteiger charge is -2.28. The van der Waals surface area contributed by atoms with Crippen molar-refractivity contribution in [2.24, 2.45) is 0 Å². The molecule has 0 radical (unpaired) electrons. The molecule has 1 aliphatic rings. The smallest absolute Gasteiger partial charge is 0.317 e. The second kappa shape index (κ2) is 8.27. The fraction of sp³-hybridized carbons (Fsp3) is 0.333. The predicted octanol–water partition coefficient (Wildman–Crippen LogP) is 5.00. The first-order chi connectivity index (χ1) is 13.3. The third-order valence-corrected chi connectivity index (χ3v) is 5.40. The van der Waals surface area contributed by atoms with E-state index in [2.05, 4.69) is 5.32 Å². The van der Waals surface area contributed by atoms with Gasteiger partial charge in [-0.15, -0.1) is 0 Å². The predicted molar refractivity (Wildman–Crippen MR) is 102 cm³/mol. The Morgan fingerprint density at radius 3 is 2.29 bits per heavy atom. The van der Waals surface area contributed by atoms with E-state index in [4.69, 9.17) is 16.3 Å². The first kappa shape index (κ1) is 20.3. The van der Waals surface area contributed by atoms with Crippen LogP contribution in [0.25, 0.3) is 0 Å². The normalized spacial score (nSPS) is 16.4. The van der Waals surface area contributed by atoms with Crippen LogP contribution in [-0.4, -0.2) is 18.0 Å². The molecule has 3 rings (SSSR count). The van der Waals surface area contributed by atoms with E-state index < -0.39 is 29.2 Å². The van der Waals surface area contributed by atoms with E-state index in [1.54, 1.807) is 12.1 Å². The molecule has 1 saturated carbocycles. The summed E-state index contributed by atoms with van der Waals surface area (Å²) in [5.74, 6) is -1.99.